The predicted molar refractivity (Wildman–Crippen MR) is 79.7 cm³/mol. The molecule has 2 unspecified atom stereocenters. The zero-order valence-corrected chi connectivity index (χ0v) is 12.7. The fourth-order valence-corrected chi connectivity index (χ4v) is 1.94. The molecule has 112 valence electrons. The van der Waals surface area contributed by atoms with Crippen LogP contribution in [0.4, 0.5) is 0 Å². The third-order valence-electron chi connectivity index (χ3n) is 2.97. The lowest BCUT2D eigenvalue weighted by molar-refractivity contribution is -0.132. The molecular formula is C15H22ClNO3. The molecule has 0 spiro atoms. The topological polar surface area (TPSA) is 58.6 Å². The minimum atomic E-state index is -0.824. The molecular weight excluding hydrogens is 278 g/mol. The Bertz CT molecular complexity index is 425. The number of amides is 1. The van der Waals surface area contributed by atoms with E-state index in [4.69, 9.17) is 16.3 Å². The highest BCUT2D eigenvalue weighted by Gasteiger charge is 2.16. The van der Waals surface area contributed by atoms with Crippen LogP contribution in [0.3, 0.4) is 0 Å². The minimum absolute atomic E-state index is 0.115. The molecule has 1 aromatic rings. The van der Waals surface area contributed by atoms with Crippen molar-refractivity contribution < 1.29 is 14.6 Å². The first kappa shape index (κ1) is 17.0. The predicted octanol–water partition coefficient (Wildman–Crippen LogP) is 2.69. The van der Waals surface area contributed by atoms with Crippen LogP contribution >= 0.6 is 11.6 Å². The van der Waals surface area contributed by atoms with E-state index in [1.54, 1.807) is 31.2 Å². The highest BCUT2D eigenvalue weighted by Crippen LogP contribution is 2.21. The van der Waals surface area contributed by atoms with Gasteiger partial charge in [-0.05, 0) is 19.4 Å². The van der Waals surface area contributed by atoms with Gasteiger partial charge in [-0.1, -0.05) is 43.1 Å². The Morgan fingerprint density at radius 2 is 2.15 bits per heavy atom. The highest BCUT2D eigenvalue weighted by atomic mass is 35.5. The van der Waals surface area contributed by atoms with Crippen molar-refractivity contribution in [2.75, 3.05) is 13.2 Å². The second kappa shape index (κ2) is 8.95. The highest BCUT2D eigenvalue weighted by molar-refractivity contribution is 6.31. The van der Waals surface area contributed by atoms with Crippen LogP contribution in [0.2, 0.25) is 5.02 Å². The molecule has 0 aliphatic heterocycles. The summed E-state index contributed by atoms with van der Waals surface area (Å²) in [6.07, 6.45) is 0.620. The van der Waals surface area contributed by atoms with Crippen LogP contribution in [-0.2, 0) is 9.53 Å². The first-order valence-corrected chi connectivity index (χ1v) is 7.25. The van der Waals surface area contributed by atoms with Gasteiger partial charge in [-0.25, -0.2) is 0 Å². The van der Waals surface area contributed by atoms with Gasteiger partial charge in [-0.2, -0.15) is 0 Å². The number of ether oxygens (including phenoxy) is 1. The molecule has 0 heterocycles. The monoisotopic (exact) mass is 299 g/mol. The van der Waals surface area contributed by atoms with E-state index in [0.717, 1.165) is 12.8 Å². The summed E-state index contributed by atoms with van der Waals surface area (Å²) in [6.45, 7) is 4.45. The van der Waals surface area contributed by atoms with Crippen molar-refractivity contribution in [3.05, 3.63) is 34.9 Å². The minimum Gasteiger partial charge on any atom is -0.387 e. The SMILES string of the molecule is CCCCOC(C)C(=O)NCC(O)c1ccccc1Cl. The van der Waals surface area contributed by atoms with Gasteiger partial charge in [-0.3, -0.25) is 4.79 Å². The van der Waals surface area contributed by atoms with Gasteiger partial charge in [0.15, 0.2) is 0 Å². The molecule has 0 bridgehead atoms. The van der Waals surface area contributed by atoms with E-state index in [2.05, 4.69) is 12.2 Å². The largest absolute Gasteiger partial charge is 0.387 e. The van der Waals surface area contributed by atoms with Gasteiger partial charge in [0.05, 0.1) is 6.10 Å². The maximum absolute atomic E-state index is 11.8. The molecule has 0 aliphatic carbocycles. The van der Waals surface area contributed by atoms with Gasteiger partial charge >= 0.3 is 0 Å². The number of benzene rings is 1. The van der Waals surface area contributed by atoms with E-state index in [-0.39, 0.29) is 12.5 Å². The molecule has 2 atom stereocenters. The molecule has 0 aliphatic rings. The van der Waals surface area contributed by atoms with Crippen LogP contribution in [0.15, 0.2) is 24.3 Å². The van der Waals surface area contributed by atoms with Gasteiger partial charge in [-0.15, -0.1) is 0 Å². The first-order valence-electron chi connectivity index (χ1n) is 6.88. The average Bonchev–Trinajstić information content (AvgIpc) is 2.45. The van der Waals surface area contributed by atoms with Crippen molar-refractivity contribution in [2.45, 2.75) is 38.9 Å². The Hall–Kier alpha value is -1.10. The number of carbonyl (C=O) groups excluding carboxylic acids is 1. The lowest BCUT2D eigenvalue weighted by atomic mass is 10.1. The average molecular weight is 300 g/mol. The van der Waals surface area contributed by atoms with Crippen LogP contribution in [0.5, 0.6) is 0 Å². The zero-order chi connectivity index (χ0) is 15.0. The Morgan fingerprint density at radius 1 is 1.45 bits per heavy atom. The number of hydrogen-bond acceptors (Lipinski definition) is 3. The molecule has 20 heavy (non-hydrogen) atoms. The summed E-state index contributed by atoms with van der Waals surface area (Å²) < 4.78 is 5.39. The first-order chi connectivity index (χ1) is 9.56. The fourth-order valence-electron chi connectivity index (χ4n) is 1.68. The van der Waals surface area contributed by atoms with Crippen molar-refractivity contribution in [1.29, 1.82) is 0 Å². The normalized spacial score (nSPS) is 13.8. The Morgan fingerprint density at radius 3 is 2.80 bits per heavy atom. The van der Waals surface area contributed by atoms with E-state index >= 15 is 0 Å². The molecule has 1 rings (SSSR count). The van der Waals surface area contributed by atoms with Crippen molar-refractivity contribution in [3.8, 4) is 0 Å². The van der Waals surface area contributed by atoms with E-state index in [1.165, 1.54) is 0 Å². The molecule has 0 radical (unpaired) electrons. The van der Waals surface area contributed by atoms with Crippen molar-refractivity contribution in [3.63, 3.8) is 0 Å². The van der Waals surface area contributed by atoms with E-state index in [0.29, 0.717) is 17.2 Å². The third-order valence-corrected chi connectivity index (χ3v) is 3.31. The lowest BCUT2D eigenvalue weighted by Crippen LogP contribution is -2.37. The number of aliphatic hydroxyl groups excluding tert-OH is 1. The molecule has 1 aromatic carbocycles. The summed E-state index contributed by atoms with van der Waals surface area (Å²) in [4.78, 5) is 11.8. The van der Waals surface area contributed by atoms with E-state index in [9.17, 15) is 9.90 Å². The number of carbonyl (C=O) groups is 1. The van der Waals surface area contributed by atoms with Crippen LogP contribution in [0.1, 0.15) is 38.4 Å². The van der Waals surface area contributed by atoms with Crippen molar-refractivity contribution in [1.82, 2.24) is 5.32 Å². The summed E-state index contributed by atoms with van der Waals surface area (Å²) in [6, 6.07) is 7.03. The van der Waals surface area contributed by atoms with Crippen LogP contribution < -0.4 is 5.32 Å². The fraction of sp³-hybridized carbons (Fsp3) is 0.533. The van der Waals surface area contributed by atoms with Crippen molar-refractivity contribution >= 4 is 17.5 Å². The second-order valence-electron chi connectivity index (χ2n) is 4.65. The third kappa shape index (κ3) is 5.49. The van der Waals surface area contributed by atoms with Crippen LogP contribution in [0.25, 0.3) is 0 Å². The molecule has 0 saturated heterocycles. The molecule has 0 fully saturated rings. The zero-order valence-electron chi connectivity index (χ0n) is 11.9. The molecule has 1 amide bonds. The van der Waals surface area contributed by atoms with E-state index in [1.807, 2.05) is 0 Å². The Kier molecular flexibility index (Phi) is 7.59. The lowest BCUT2D eigenvalue weighted by Gasteiger charge is -2.16. The van der Waals surface area contributed by atoms with E-state index < -0.39 is 12.2 Å². The maximum atomic E-state index is 11.8. The maximum Gasteiger partial charge on any atom is 0.248 e. The molecule has 2 N–H and O–H groups in total. The molecule has 4 nitrogen and oxygen atoms in total. The van der Waals surface area contributed by atoms with Gasteiger partial charge in [0.25, 0.3) is 0 Å². The van der Waals surface area contributed by atoms with Crippen molar-refractivity contribution in [2.24, 2.45) is 0 Å². The van der Waals surface area contributed by atoms with Gasteiger partial charge < -0.3 is 15.2 Å². The quantitative estimate of drug-likeness (QED) is 0.726. The van der Waals surface area contributed by atoms with Crippen LogP contribution in [-0.4, -0.2) is 30.3 Å². The number of aliphatic hydroxyl groups is 1. The standard InChI is InChI=1S/C15H22ClNO3/c1-3-4-9-20-11(2)15(19)17-10-14(18)12-7-5-6-8-13(12)16/h5-8,11,14,18H,3-4,9-10H2,1-2H3,(H,17,19). The number of nitrogens with one attached hydrogen (secondary N) is 1. The summed E-state index contributed by atoms with van der Waals surface area (Å²) >= 11 is 5.98. The molecule has 0 aromatic heterocycles. The smallest absolute Gasteiger partial charge is 0.248 e. The Labute approximate surface area is 125 Å². The van der Waals surface area contributed by atoms with Gasteiger partial charge in [0.1, 0.15) is 6.10 Å². The van der Waals surface area contributed by atoms with Gasteiger partial charge in [0, 0.05) is 23.7 Å². The summed E-state index contributed by atoms with van der Waals surface area (Å²) in [5, 5.41) is 13.2. The summed E-state index contributed by atoms with van der Waals surface area (Å²) in [7, 11) is 0. The Balaban J connectivity index is 2.39. The number of hydrogen-bond donors (Lipinski definition) is 2. The van der Waals surface area contributed by atoms with Crippen LogP contribution in [0, 0.1) is 0 Å². The second-order valence-corrected chi connectivity index (χ2v) is 5.06. The summed E-state index contributed by atoms with van der Waals surface area (Å²) in [5.41, 5.74) is 0.606. The number of halogens is 1. The number of unbranched alkanes of at least 4 members (excludes halogenated alkanes) is 1. The number of rotatable bonds is 8. The molecule has 5 heteroatoms. The summed E-state index contributed by atoms with van der Waals surface area (Å²) in [5.74, 6) is -0.229. The molecule has 0 saturated carbocycles. The van der Waals surface area contributed by atoms with Gasteiger partial charge in [0.2, 0.25) is 5.91 Å².